The largest absolute Gasteiger partial charge is 0.356 e. The lowest BCUT2D eigenvalue weighted by molar-refractivity contribution is -0.125. The van der Waals surface area contributed by atoms with E-state index in [2.05, 4.69) is 22.5 Å². The summed E-state index contributed by atoms with van der Waals surface area (Å²) in [5.41, 5.74) is 3.02. The van der Waals surface area contributed by atoms with Crippen molar-refractivity contribution in [2.24, 2.45) is 0 Å². The average molecular weight is 688 g/mol. The zero-order chi connectivity index (χ0) is 33.4. The summed E-state index contributed by atoms with van der Waals surface area (Å²) in [5.74, 6) is 6.82. The van der Waals surface area contributed by atoms with Gasteiger partial charge in [0, 0.05) is 54.5 Å². The number of carbonyl (C=O) groups is 3. The molecule has 3 amide bonds. The molecule has 1 heterocycles. The van der Waals surface area contributed by atoms with E-state index in [0.717, 1.165) is 41.6 Å². The standard InChI is InChI=1S/C34H46N3O6PS2/c1-26(2)44(41,42)43-22-11-5-4-10-20-35-33(39)24-27(3)46-45-23-21-36-32(38)18-19-34(40)37-25-30-14-7-6-12-28(30)16-17-29-13-8-9-15-31(29)37/h6-9,12-15,26-27H,4-5,10-11,18-25H2,1-3H3,(H,35,39)(H,36,38)(H,41,42). The smallest absolute Gasteiger partial charge is 0.330 e. The maximum Gasteiger partial charge on any atom is 0.330 e. The first-order chi connectivity index (χ1) is 22.1. The third kappa shape index (κ3) is 13.2. The number of hydrogen-bond acceptors (Lipinski definition) is 7. The Labute approximate surface area is 281 Å². The fourth-order valence-electron chi connectivity index (χ4n) is 4.57. The first-order valence-electron chi connectivity index (χ1n) is 15.8. The molecular formula is C34H46N3O6PS2. The molecule has 0 aliphatic carbocycles. The second-order valence-electron chi connectivity index (χ2n) is 11.4. The van der Waals surface area contributed by atoms with Gasteiger partial charge in [-0.2, -0.15) is 0 Å². The van der Waals surface area contributed by atoms with Crippen LogP contribution >= 0.6 is 29.2 Å². The Hall–Kier alpha value is -2.74. The van der Waals surface area contributed by atoms with Crippen molar-refractivity contribution in [1.82, 2.24) is 10.6 Å². The van der Waals surface area contributed by atoms with Crippen LogP contribution in [0.3, 0.4) is 0 Å². The van der Waals surface area contributed by atoms with E-state index in [4.69, 9.17) is 4.52 Å². The second kappa shape index (κ2) is 19.8. The molecule has 9 nitrogen and oxygen atoms in total. The molecule has 0 radical (unpaired) electrons. The minimum absolute atomic E-state index is 0.0123. The lowest BCUT2D eigenvalue weighted by Gasteiger charge is -2.26. The predicted octanol–water partition coefficient (Wildman–Crippen LogP) is 6.28. The van der Waals surface area contributed by atoms with Gasteiger partial charge < -0.3 is 25.0 Å². The Morgan fingerprint density at radius 2 is 1.59 bits per heavy atom. The highest BCUT2D eigenvalue weighted by molar-refractivity contribution is 8.76. The van der Waals surface area contributed by atoms with E-state index in [1.165, 1.54) is 0 Å². The first-order valence-corrected chi connectivity index (χ1v) is 19.9. The summed E-state index contributed by atoms with van der Waals surface area (Å²) in [7, 11) is -0.267. The summed E-state index contributed by atoms with van der Waals surface area (Å²) in [6.45, 7) is 7.11. The lowest BCUT2D eigenvalue weighted by atomic mass is 10.0. The van der Waals surface area contributed by atoms with Gasteiger partial charge in [0.15, 0.2) is 0 Å². The number of nitrogens with one attached hydrogen (secondary N) is 2. The number of unbranched alkanes of at least 4 members (excludes halogenated alkanes) is 3. The molecule has 1 aliphatic heterocycles. The topological polar surface area (TPSA) is 125 Å². The van der Waals surface area contributed by atoms with Crippen LogP contribution in [0, 0.1) is 11.8 Å². The van der Waals surface area contributed by atoms with Crippen molar-refractivity contribution in [2.75, 3.05) is 30.3 Å². The van der Waals surface area contributed by atoms with Crippen LogP contribution < -0.4 is 15.5 Å². The summed E-state index contributed by atoms with van der Waals surface area (Å²) in [4.78, 5) is 49.4. The highest BCUT2D eigenvalue weighted by Gasteiger charge is 2.24. The lowest BCUT2D eigenvalue weighted by Crippen LogP contribution is -2.33. The maximum atomic E-state index is 13.3. The van der Waals surface area contributed by atoms with Crippen LogP contribution in [0.4, 0.5) is 5.69 Å². The molecule has 2 unspecified atom stereocenters. The van der Waals surface area contributed by atoms with Crippen LogP contribution in [0.15, 0.2) is 48.5 Å². The molecule has 0 bridgehead atoms. The van der Waals surface area contributed by atoms with Crippen LogP contribution in [-0.2, 0) is 30.0 Å². The Kier molecular flexibility index (Phi) is 16.2. The number of carbonyl (C=O) groups excluding carboxylic acids is 3. The number of hydrogen-bond donors (Lipinski definition) is 3. The summed E-state index contributed by atoms with van der Waals surface area (Å²) >= 11 is 0. The van der Waals surface area contributed by atoms with Crippen molar-refractivity contribution in [1.29, 1.82) is 0 Å². The summed E-state index contributed by atoms with van der Waals surface area (Å²) in [6, 6.07) is 15.4. The fraction of sp³-hybridized carbons (Fsp3) is 0.500. The van der Waals surface area contributed by atoms with Crippen LogP contribution in [0.1, 0.15) is 82.4 Å². The van der Waals surface area contributed by atoms with Crippen LogP contribution in [-0.4, -0.2) is 59.0 Å². The van der Waals surface area contributed by atoms with Crippen molar-refractivity contribution in [3.63, 3.8) is 0 Å². The summed E-state index contributed by atoms with van der Waals surface area (Å²) in [5, 5.41) is 5.98. The highest BCUT2D eigenvalue weighted by Crippen LogP contribution is 2.47. The summed E-state index contributed by atoms with van der Waals surface area (Å²) in [6.07, 6.45) is 3.98. The minimum Gasteiger partial charge on any atom is -0.356 e. The van der Waals surface area contributed by atoms with Gasteiger partial charge in [-0.25, -0.2) is 0 Å². The van der Waals surface area contributed by atoms with E-state index in [9.17, 15) is 23.8 Å². The molecule has 3 rings (SSSR count). The monoisotopic (exact) mass is 687 g/mol. The van der Waals surface area contributed by atoms with E-state index in [-0.39, 0.29) is 42.4 Å². The molecule has 2 atom stereocenters. The molecule has 0 saturated heterocycles. The van der Waals surface area contributed by atoms with Crippen molar-refractivity contribution < 1.29 is 28.4 Å². The van der Waals surface area contributed by atoms with Crippen LogP contribution in [0.5, 0.6) is 0 Å². The van der Waals surface area contributed by atoms with Gasteiger partial charge in [-0.3, -0.25) is 18.9 Å². The molecule has 2 aromatic rings. The van der Waals surface area contributed by atoms with Gasteiger partial charge in [0.05, 0.1) is 24.5 Å². The second-order valence-corrected chi connectivity index (χ2v) is 16.8. The molecule has 0 spiro atoms. The number of anilines is 1. The third-order valence-corrected chi connectivity index (χ3v) is 12.0. The highest BCUT2D eigenvalue weighted by atomic mass is 33.1. The van der Waals surface area contributed by atoms with Crippen LogP contribution in [0.2, 0.25) is 0 Å². The Bertz CT molecular complexity index is 1430. The normalized spacial score (nSPS) is 14.1. The van der Waals surface area contributed by atoms with E-state index in [0.29, 0.717) is 38.2 Å². The maximum absolute atomic E-state index is 13.3. The average Bonchev–Trinajstić information content (AvgIpc) is 3.02. The third-order valence-electron chi connectivity index (χ3n) is 7.27. The number of nitrogens with zero attached hydrogens (tertiary/aromatic N) is 1. The van der Waals surface area contributed by atoms with Crippen LogP contribution in [0.25, 0.3) is 0 Å². The molecule has 12 heteroatoms. The molecule has 1 aliphatic rings. The molecule has 250 valence electrons. The minimum atomic E-state index is -3.49. The quantitative estimate of drug-likeness (QED) is 0.0683. The molecule has 0 aromatic heterocycles. The number of para-hydroxylation sites is 1. The summed E-state index contributed by atoms with van der Waals surface area (Å²) < 4.78 is 16.9. The van der Waals surface area contributed by atoms with Gasteiger partial charge in [-0.1, -0.05) is 97.4 Å². The number of amides is 3. The SMILES string of the molecule is CC(CC(=O)NCCCCCCOP(=O)(O)C(C)C)SSCCNC(=O)CCC(=O)N1Cc2ccccc2C#Cc2ccccc21. The van der Waals surface area contributed by atoms with E-state index in [1.807, 2.05) is 55.5 Å². The van der Waals surface area contributed by atoms with Crippen molar-refractivity contribution >= 4 is 52.6 Å². The Morgan fingerprint density at radius 1 is 0.913 bits per heavy atom. The molecule has 2 aromatic carbocycles. The molecule has 46 heavy (non-hydrogen) atoms. The van der Waals surface area contributed by atoms with Gasteiger partial charge in [0.1, 0.15) is 0 Å². The van der Waals surface area contributed by atoms with E-state index < -0.39 is 13.3 Å². The van der Waals surface area contributed by atoms with E-state index in [1.54, 1.807) is 40.3 Å². The predicted molar refractivity (Wildman–Crippen MR) is 189 cm³/mol. The van der Waals surface area contributed by atoms with Crippen molar-refractivity contribution in [2.45, 2.75) is 83.2 Å². The Balaban J connectivity index is 1.25. The van der Waals surface area contributed by atoms with E-state index >= 15 is 0 Å². The first kappa shape index (κ1) is 37.7. The van der Waals surface area contributed by atoms with Gasteiger partial charge in [0.25, 0.3) is 0 Å². The van der Waals surface area contributed by atoms with Gasteiger partial charge in [-0.05, 0) is 36.6 Å². The molecular weight excluding hydrogens is 641 g/mol. The molecule has 0 fully saturated rings. The number of rotatable bonds is 19. The zero-order valence-corrected chi connectivity index (χ0v) is 29.5. The van der Waals surface area contributed by atoms with Crippen molar-refractivity contribution in [3.05, 3.63) is 65.2 Å². The number of benzene rings is 2. The fourth-order valence-corrected chi connectivity index (χ4v) is 7.43. The molecule has 0 saturated carbocycles. The Morgan fingerprint density at radius 3 is 2.37 bits per heavy atom. The number of fused-ring (bicyclic) bond motifs is 2. The molecule has 3 N–H and O–H groups in total. The van der Waals surface area contributed by atoms with Gasteiger partial charge in [0.2, 0.25) is 17.7 Å². The van der Waals surface area contributed by atoms with Gasteiger partial charge >= 0.3 is 7.60 Å². The van der Waals surface area contributed by atoms with Gasteiger partial charge in [-0.15, -0.1) is 0 Å². The van der Waals surface area contributed by atoms with Crippen molar-refractivity contribution in [3.8, 4) is 11.8 Å². The zero-order valence-electron chi connectivity index (χ0n) is 27.0.